The Balaban J connectivity index is 1.95. The van der Waals surface area contributed by atoms with Crippen LogP contribution in [-0.4, -0.2) is 38.4 Å². The molecule has 0 atom stereocenters. The summed E-state index contributed by atoms with van der Waals surface area (Å²) < 4.78 is 0. The minimum atomic E-state index is 1.10. The van der Waals surface area contributed by atoms with E-state index in [1.165, 1.54) is 36.9 Å². The molecule has 1 aliphatic heterocycles. The molecule has 1 aromatic rings. The number of rotatable bonds is 3. The van der Waals surface area contributed by atoms with E-state index < -0.39 is 0 Å². The van der Waals surface area contributed by atoms with E-state index in [4.69, 9.17) is 0 Å². The molecule has 0 N–H and O–H groups in total. The molecule has 0 radical (unpaired) electrons. The first-order valence-electron chi connectivity index (χ1n) is 6.82. The maximum atomic E-state index is 4.58. The molecule has 0 unspecified atom stereocenters. The van der Waals surface area contributed by atoms with E-state index in [0.29, 0.717) is 0 Å². The summed E-state index contributed by atoms with van der Waals surface area (Å²) in [6.07, 6.45) is 7.23. The highest BCUT2D eigenvalue weighted by molar-refractivity contribution is 5.80. The van der Waals surface area contributed by atoms with Crippen LogP contribution in [0.1, 0.15) is 31.2 Å². The third-order valence-electron chi connectivity index (χ3n) is 3.36. The van der Waals surface area contributed by atoms with Crippen LogP contribution in [0.15, 0.2) is 29.4 Å². The second kappa shape index (κ2) is 6.43. The predicted octanol–water partition coefficient (Wildman–Crippen LogP) is 2.96. The third kappa shape index (κ3) is 3.76. The number of hydrazone groups is 1. The lowest BCUT2D eigenvalue weighted by Gasteiger charge is -2.15. The Morgan fingerprint density at radius 2 is 1.61 bits per heavy atom. The van der Waals surface area contributed by atoms with E-state index >= 15 is 0 Å². The Hall–Kier alpha value is -1.51. The lowest BCUT2D eigenvalue weighted by molar-refractivity contribution is 0.302. The average molecular weight is 245 g/mol. The summed E-state index contributed by atoms with van der Waals surface area (Å²) in [6.45, 7) is 2.21. The number of benzene rings is 1. The molecule has 0 saturated carbocycles. The lowest BCUT2D eigenvalue weighted by Crippen LogP contribution is -2.18. The summed E-state index contributed by atoms with van der Waals surface area (Å²) in [5.74, 6) is 0. The molecule has 1 aromatic carbocycles. The van der Waals surface area contributed by atoms with E-state index in [0.717, 1.165) is 13.1 Å². The van der Waals surface area contributed by atoms with Crippen LogP contribution in [0, 0.1) is 0 Å². The molecular weight excluding hydrogens is 222 g/mol. The SMILES string of the molecule is CN(C)c1ccc(/C=N/N2CCCCCC2)cc1. The molecule has 3 nitrogen and oxygen atoms in total. The highest BCUT2D eigenvalue weighted by Gasteiger charge is 2.05. The van der Waals surface area contributed by atoms with Crippen molar-refractivity contribution in [1.29, 1.82) is 0 Å². The van der Waals surface area contributed by atoms with Crippen LogP contribution >= 0.6 is 0 Å². The van der Waals surface area contributed by atoms with Gasteiger partial charge in [-0.05, 0) is 30.5 Å². The van der Waals surface area contributed by atoms with Crippen molar-refractivity contribution in [3.05, 3.63) is 29.8 Å². The van der Waals surface area contributed by atoms with Crippen molar-refractivity contribution >= 4 is 11.9 Å². The van der Waals surface area contributed by atoms with Crippen LogP contribution in [0.2, 0.25) is 0 Å². The maximum Gasteiger partial charge on any atom is 0.0542 e. The summed E-state index contributed by atoms with van der Waals surface area (Å²) in [5, 5.41) is 6.78. The highest BCUT2D eigenvalue weighted by Crippen LogP contribution is 2.12. The summed E-state index contributed by atoms with van der Waals surface area (Å²) >= 11 is 0. The molecule has 0 aromatic heterocycles. The van der Waals surface area contributed by atoms with Crippen LogP contribution in [0.25, 0.3) is 0 Å². The Labute approximate surface area is 110 Å². The Morgan fingerprint density at radius 1 is 1.00 bits per heavy atom. The van der Waals surface area contributed by atoms with E-state index in [1.807, 2.05) is 6.21 Å². The van der Waals surface area contributed by atoms with Crippen molar-refractivity contribution in [3.63, 3.8) is 0 Å². The van der Waals surface area contributed by atoms with Gasteiger partial charge in [0.2, 0.25) is 0 Å². The van der Waals surface area contributed by atoms with Gasteiger partial charge >= 0.3 is 0 Å². The molecule has 1 aliphatic rings. The molecular formula is C15H23N3. The summed E-state index contributed by atoms with van der Waals surface area (Å²) in [6, 6.07) is 8.50. The first-order chi connectivity index (χ1) is 8.75. The van der Waals surface area contributed by atoms with Crippen molar-refractivity contribution in [3.8, 4) is 0 Å². The van der Waals surface area contributed by atoms with Gasteiger partial charge in [-0.1, -0.05) is 25.0 Å². The second-order valence-electron chi connectivity index (χ2n) is 5.10. The molecule has 98 valence electrons. The summed E-state index contributed by atoms with van der Waals surface area (Å²) in [4.78, 5) is 2.11. The molecule has 1 fully saturated rings. The highest BCUT2D eigenvalue weighted by atomic mass is 15.4. The smallest absolute Gasteiger partial charge is 0.0542 e. The Kier molecular flexibility index (Phi) is 4.62. The Morgan fingerprint density at radius 3 is 2.17 bits per heavy atom. The van der Waals surface area contributed by atoms with Crippen molar-refractivity contribution < 1.29 is 0 Å². The largest absolute Gasteiger partial charge is 0.378 e. The number of hydrogen-bond acceptors (Lipinski definition) is 3. The molecule has 0 amide bonds. The van der Waals surface area contributed by atoms with Crippen LogP contribution in [0.3, 0.4) is 0 Å². The lowest BCUT2D eigenvalue weighted by atomic mass is 10.2. The van der Waals surface area contributed by atoms with Crippen molar-refractivity contribution in [1.82, 2.24) is 5.01 Å². The monoisotopic (exact) mass is 245 g/mol. The molecule has 1 heterocycles. The van der Waals surface area contributed by atoms with Crippen LogP contribution in [0.5, 0.6) is 0 Å². The van der Waals surface area contributed by atoms with Gasteiger partial charge in [-0.2, -0.15) is 5.10 Å². The van der Waals surface area contributed by atoms with Gasteiger partial charge in [0, 0.05) is 32.9 Å². The zero-order valence-corrected chi connectivity index (χ0v) is 11.5. The quantitative estimate of drug-likeness (QED) is 0.762. The molecule has 3 heteroatoms. The molecule has 2 rings (SSSR count). The average Bonchev–Trinajstić information content (AvgIpc) is 2.65. The van der Waals surface area contributed by atoms with E-state index in [1.54, 1.807) is 0 Å². The minimum absolute atomic E-state index is 1.10. The fourth-order valence-electron chi connectivity index (χ4n) is 2.18. The zero-order chi connectivity index (χ0) is 12.8. The normalized spacial score (nSPS) is 16.9. The van der Waals surface area contributed by atoms with Crippen LogP contribution < -0.4 is 4.90 Å². The van der Waals surface area contributed by atoms with Gasteiger partial charge in [0.05, 0.1) is 6.21 Å². The fourth-order valence-corrected chi connectivity index (χ4v) is 2.18. The number of hydrogen-bond donors (Lipinski definition) is 0. The van der Waals surface area contributed by atoms with Gasteiger partial charge in [0.15, 0.2) is 0 Å². The van der Waals surface area contributed by atoms with Gasteiger partial charge in [-0.3, -0.25) is 5.01 Å². The van der Waals surface area contributed by atoms with Gasteiger partial charge < -0.3 is 4.90 Å². The van der Waals surface area contributed by atoms with Gasteiger partial charge in [-0.25, -0.2) is 0 Å². The zero-order valence-electron chi connectivity index (χ0n) is 11.5. The second-order valence-corrected chi connectivity index (χ2v) is 5.10. The number of anilines is 1. The third-order valence-corrected chi connectivity index (χ3v) is 3.36. The molecule has 18 heavy (non-hydrogen) atoms. The summed E-state index contributed by atoms with van der Waals surface area (Å²) in [7, 11) is 4.11. The van der Waals surface area contributed by atoms with Crippen LogP contribution in [0.4, 0.5) is 5.69 Å². The topological polar surface area (TPSA) is 18.8 Å². The molecule has 0 bridgehead atoms. The predicted molar refractivity (Wildman–Crippen MR) is 78.4 cm³/mol. The fraction of sp³-hybridized carbons (Fsp3) is 0.533. The minimum Gasteiger partial charge on any atom is -0.378 e. The van der Waals surface area contributed by atoms with Crippen molar-refractivity contribution in [2.24, 2.45) is 5.10 Å². The molecule has 0 spiro atoms. The van der Waals surface area contributed by atoms with Gasteiger partial charge in [0.25, 0.3) is 0 Å². The van der Waals surface area contributed by atoms with Crippen LogP contribution in [-0.2, 0) is 0 Å². The first-order valence-corrected chi connectivity index (χ1v) is 6.82. The van der Waals surface area contributed by atoms with E-state index in [9.17, 15) is 0 Å². The van der Waals surface area contributed by atoms with Gasteiger partial charge in [0.1, 0.15) is 0 Å². The Bertz CT molecular complexity index is 373. The van der Waals surface area contributed by atoms with E-state index in [2.05, 4.69) is 53.4 Å². The van der Waals surface area contributed by atoms with E-state index in [-0.39, 0.29) is 0 Å². The maximum absolute atomic E-state index is 4.58. The van der Waals surface area contributed by atoms with Crippen molar-refractivity contribution in [2.45, 2.75) is 25.7 Å². The molecule has 0 aliphatic carbocycles. The summed E-state index contributed by atoms with van der Waals surface area (Å²) in [5.41, 5.74) is 2.40. The molecule has 1 saturated heterocycles. The standard InChI is InChI=1S/C15H23N3/c1-17(2)15-9-7-14(8-10-15)13-16-18-11-5-3-4-6-12-18/h7-10,13H,3-6,11-12H2,1-2H3/b16-13+. The van der Waals surface area contributed by atoms with Gasteiger partial charge in [-0.15, -0.1) is 0 Å². The first kappa shape index (κ1) is 12.9. The van der Waals surface area contributed by atoms with Crippen molar-refractivity contribution in [2.75, 3.05) is 32.1 Å². The number of nitrogens with zero attached hydrogens (tertiary/aromatic N) is 3.